The molecule has 0 atom stereocenters. The monoisotopic (exact) mass is 111 g/mol. The third-order valence-corrected chi connectivity index (χ3v) is 0.690. The summed E-state index contributed by atoms with van der Waals surface area (Å²) < 4.78 is 0. The summed E-state index contributed by atoms with van der Waals surface area (Å²) in [5.74, 6) is 0. The lowest BCUT2D eigenvalue weighted by Gasteiger charge is -1.81. The lowest BCUT2D eigenvalue weighted by atomic mass is 10.3. The van der Waals surface area contributed by atoms with Crippen LogP contribution in [0.5, 0.6) is 0 Å². The fraction of sp³-hybridized carbons (Fsp3) is 0.167. The molecule has 0 unspecified atom stereocenters. The fourth-order valence-electron chi connectivity index (χ4n) is 0.315. The first kappa shape index (κ1) is 6.95. The number of hydrogen-bond acceptors (Lipinski definition) is 2. The molecular weight excluding hydrogens is 102 g/mol. The highest BCUT2D eigenvalue weighted by Gasteiger charge is 1.74. The molecule has 0 aliphatic heterocycles. The van der Waals surface area contributed by atoms with Crippen LogP contribution in [-0.2, 0) is 4.79 Å². The lowest BCUT2D eigenvalue weighted by Crippen LogP contribution is -1.77. The van der Waals surface area contributed by atoms with E-state index in [2.05, 4.69) is 0 Å². The molecule has 8 heavy (non-hydrogen) atoms. The quantitative estimate of drug-likeness (QED) is 0.322. The summed E-state index contributed by atoms with van der Waals surface area (Å²) in [6.07, 6.45) is 5.24. The Balaban J connectivity index is 3.79. The van der Waals surface area contributed by atoms with Gasteiger partial charge in [0, 0.05) is 0 Å². The zero-order valence-electron chi connectivity index (χ0n) is 4.79. The zero-order valence-corrected chi connectivity index (χ0v) is 4.79. The van der Waals surface area contributed by atoms with Crippen molar-refractivity contribution in [2.45, 2.75) is 6.92 Å². The number of rotatable bonds is 2. The smallest absolute Gasteiger partial charge is 0.143 e. The van der Waals surface area contributed by atoms with Crippen molar-refractivity contribution in [1.82, 2.24) is 0 Å². The van der Waals surface area contributed by atoms with Gasteiger partial charge in [-0.15, -0.1) is 0 Å². The Kier molecular flexibility index (Phi) is 3.58. The van der Waals surface area contributed by atoms with Crippen LogP contribution in [0.4, 0.5) is 0 Å². The van der Waals surface area contributed by atoms with Crippen molar-refractivity contribution in [1.29, 1.82) is 0 Å². The number of hydrogen-bond donors (Lipinski definition) is 1. The van der Waals surface area contributed by atoms with E-state index in [0.29, 0.717) is 0 Å². The third-order valence-electron chi connectivity index (χ3n) is 0.690. The van der Waals surface area contributed by atoms with Gasteiger partial charge in [0.15, 0.2) is 0 Å². The number of carbonyl (C=O) groups is 1. The van der Waals surface area contributed by atoms with Crippen molar-refractivity contribution in [3.05, 3.63) is 23.9 Å². The van der Waals surface area contributed by atoms with Crippen LogP contribution in [0.1, 0.15) is 6.92 Å². The molecule has 0 rings (SSSR count). The molecule has 0 aliphatic rings. The maximum absolute atomic E-state index is 9.74. The van der Waals surface area contributed by atoms with E-state index < -0.39 is 0 Å². The Hall–Kier alpha value is -1.05. The number of nitrogens with two attached hydrogens (primary N) is 1. The molecule has 0 radical (unpaired) electrons. The first-order valence-electron chi connectivity index (χ1n) is 2.31. The molecule has 0 aromatic carbocycles. The second-order valence-corrected chi connectivity index (χ2v) is 1.41. The Morgan fingerprint density at radius 3 is 2.62 bits per heavy atom. The maximum atomic E-state index is 9.74. The highest BCUT2D eigenvalue weighted by atomic mass is 16.1. The van der Waals surface area contributed by atoms with Crippen molar-refractivity contribution in [2.75, 3.05) is 0 Å². The lowest BCUT2D eigenvalue weighted by molar-refractivity contribution is -0.104. The van der Waals surface area contributed by atoms with E-state index in [0.717, 1.165) is 11.9 Å². The van der Waals surface area contributed by atoms with E-state index in [4.69, 9.17) is 5.73 Å². The van der Waals surface area contributed by atoms with Gasteiger partial charge in [-0.1, -0.05) is 0 Å². The van der Waals surface area contributed by atoms with Crippen LogP contribution in [0.2, 0.25) is 0 Å². The van der Waals surface area contributed by atoms with Crippen LogP contribution in [-0.4, -0.2) is 6.29 Å². The predicted octanol–water partition coefficient (Wildman–Crippen LogP) is 0.604. The third kappa shape index (κ3) is 3.15. The first-order chi connectivity index (χ1) is 3.81. The minimum absolute atomic E-state index is 0.731. The Labute approximate surface area is 48.7 Å². The van der Waals surface area contributed by atoms with Gasteiger partial charge in [0.05, 0.1) is 0 Å². The van der Waals surface area contributed by atoms with E-state index in [-0.39, 0.29) is 0 Å². The molecule has 2 N–H and O–H groups in total. The van der Waals surface area contributed by atoms with E-state index in [1.54, 1.807) is 13.0 Å². The molecule has 2 heteroatoms. The molecule has 0 fully saturated rings. The van der Waals surface area contributed by atoms with Crippen LogP contribution in [0.15, 0.2) is 23.9 Å². The van der Waals surface area contributed by atoms with Gasteiger partial charge in [0.2, 0.25) is 0 Å². The van der Waals surface area contributed by atoms with Gasteiger partial charge in [0.1, 0.15) is 6.29 Å². The standard InChI is InChI=1S/C6H9NO/c1-6(2-4-7)3-5-8/h2-5H,7H2,1H3/b4-2-,6-3-. The summed E-state index contributed by atoms with van der Waals surface area (Å²) in [6.45, 7) is 1.80. The highest BCUT2D eigenvalue weighted by molar-refractivity contribution is 5.66. The molecule has 0 spiro atoms. The van der Waals surface area contributed by atoms with Crippen LogP contribution >= 0.6 is 0 Å². The number of carbonyl (C=O) groups excluding carboxylic acids is 1. The molecule has 0 aliphatic carbocycles. The van der Waals surface area contributed by atoms with Crippen LogP contribution in [0.25, 0.3) is 0 Å². The van der Waals surface area contributed by atoms with E-state index >= 15 is 0 Å². The van der Waals surface area contributed by atoms with Gasteiger partial charge < -0.3 is 5.73 Å². The minimum atomic E-state index is 0.731. The van der Waals surface area contributed by atoms with E-state index in [9.17, 15) is 4.79 Å². The molecule has 0 amide bonds. The van der Waals surface area contributed by atoms with Crippen molar-refractivity contribution >= 4 is 6.29 Å². The summed E-state index contributed by atoms with van der Waals surface area (Å²) in [4.78, 5) is 9.74. The van der Waals surface area contributed by atoms with Gasteiger partial charge in [-0.25, -0.2) is 0 Å². The Bertz CT molecular complexity index is 124. The average Bonchev–Trinajstić information content (AvgIpc) is 1.68. The van der Waals surface area contributed by atoms with Gasteiger partial charge >= 0.3 is 0 Å². The largest absolute Gasteiger partial charge is 0.405 e. The number of allylic oxidation sites excluding steroid dienone is 3. The van der Waals surface area contributed by atoms with E-state index in [1.807, 2.05) is 0 Å². The van der Waals surface area contributed by atoms with Gasteiger partial charge in [-0.2, -0.15) is 0 Å². The fourth-order valence-corrected chi connectivity index (χ4v) is 0.315. The van der Waals surface area contributed by atoms with Crippen molar-refractivity contribution in [3.8, 4) is 0 Å². The molecule has 0 aromatic rings. The summed E-state index contributed by atoms with van der Waals surface area (Å²) in [7, 11) is 0. The first-order valence-corrected chi connectivity index (χ1v) is 2.31. The van der Waals surface area contributed by atoms with Crippen LogP contribution in [0, 0.1) is 0 Å². The number of aldehydes is 1. The summed E-state index contributed by atoms with van der Waals surface area (Å²) >= 11 is 0. The van der Waals surface area contributed by atoms with Gasteiger partial charge in [-0.05, 0) is 30.8 Å². The molecule has 0 saturated heterocycles. The van der Waals surface area contributed by atoms with Crippen molar-refractivity contribution in [2.24, 2.45) is 5.73 Å². The molecule has 0 aromatic heterocycles. The maximum Gasteiger partial charge on any atom is 0.143 e. The molecule has 0 bridgehead atoms. The normalized spacial score (nSPS) is 12.4. The molecule has 0 heterocycles. The van der Waals surface area contributed by atoms with Crippen molar-refractivity contribution < 1.29 is 4.79 Å². The zero-order chi connectivity index (χ0) is 6.41. The summed E-state index contributed by atoms with van der Waals surface area (Å²) in [6, 6.07) is 0. The summed E-state index contributed by atoms with van der Waals surface area (Å²) in [5, 5.41) is 0. The summed E-state index contributed by atoms with van der Waals surface area (Å²) in [5.41, 5.74) is 5.89. The van der Waals surface area contributed by atoms with Crippen LogP contribution in [0.3, 0.4) is 0 Å². The van der Waals surface area contributed by atoms with Gasteiger partial charge in [0.25, 0.3) is 0 Å². The highest BCUT2D eigenvalue weighted by Crippen LogP contribution is 1.88. The minimum Gasteiger partial charge on any atom is -0.405 e. The van der Waals surface area contributed by atoms with Crippen LogP contribution < -0.4 is 5.73 Å². The Morgan fingerprint density at radius 1 is 1.62 bits per heavy atom. The Morgan fingerprint density at radius 2 is 2.25 bits per heavy atom. The SMILES string of the molecule is CC(/C=C\N)=C/C=O. The second kappa shape index (κ2) is 4.12. The molecule has 44 valence electrons. The molecular formula is C6H9NO. The van der Waals surface area contributed by atoms with Gasteiger partial charge in [-0.3, -0.25) is 4.79 Å². The topological polar surface area (TPSA) is 43.1 Å². The predicted molar refractivity (Wildman–Crippen MR) is 33.1 cm³/mol. The molecule has 0 saturated carbocycles. The van der Waals surface area contributed by atoms with E-state index in [1.165, 1.54) is 12.3 Å². The molecule has 2 nitrogen and oxygen atoms in total. The average molecular weight is 111 g/mol. The second-order valence-electron chi connectivity index (χ2n) is 1.41. The van der Waals surface area contributed by atoms with Crippen molar-refractivity contribution in [3.63, 3.8) is 0 Å².